The summed E-state index contributed by atoms with van der Waals surface area (Å²) >= 11 is 0. The largest absolute Gasteiger partial charge is 0.497 e. The number of nitrogens with one attached hydrogen (secondary N) is 3. The Labute approximate surface area is 176 Å². The Morgan fingerprint density at radius 2 is 1.67 bits per heavy atom. The maximum Gasteiger partial charge on any atom is 0.249 e. The van der Waals surface area contributed by atoms with Crippen LogP contribution in [0.5, 0.6) is 17.2 Å². The van der Waals surface area contributed by atoms with Crippen LogP contribution in [0.1, 0.15) is 17.9 Å². The summed E-state index contributed by atoms with van der Waals surface area (Å²) in [6, 6.07) is 11.2. The molecular formula is C22H28N4O4. The predicted octanol–water partition coefficient (Wildman–Crippen LogP) is 2.12. The number of benzene rings is 2. The first-order valence-electron chi connectivity index (χ1n) is 10.1. The number of rotatable bonds is 7. The molecule has 0 radical (unpaired) electrons. The molecule has 1 atom stereocenters. The van der Waals surface area contributed by atoms with Crippen molar-refractivity contribution in [1.29, 1.82) is 0 Å². The highest BCUT2D eigenvalue weighted by molar-refractivity contribution is 6.01. The Kier molecular flexibility index (Phi) is 5.96. The van der Waals surface area contributed by atoms with E-state index < -0.39 is 0 Å². The van der Waals surface area contributed by atoms with Gasteiger partial charge in [-0.1, -0.05) is 6.07 Å². The van der Waals surface area contributed by atoms with Crippen molar-refractivity contribution in [3.05, 3.63) is 42.0 Å². The predicted molar refractivity (Wildman–Crippen MR) is 116 cm³/mol. The van der Waals surface area contributed by atoms with Crippen LogP contribution >= 0.6 is 0 Å². The Morgan fingerprint density at radius 1 is 0.967 bits per heavy atom. The summed E-state index contributed by atoms with van der Waals surface area (Å²) in [5.74, 6) is 2.55. The number of carbonyl (C=O) groups excluding carboxylic acids is 1. The van der Waals surface area contributed by atoms with Crippen LogP contribution in [0.2, 0.25) is 0 Å². The van der Waals surface area contributed by atoms with Gasteiger partial charge in [0.15, 0.2) is 0 Å². The number of methoxy groups -OCH3 is 3. The minimum absolute atomic E-state index is 0.0378. The molecule has 0 aliphatic carbocycles. The van der Waals surface area contributed by atoms with Crippen LogP contribution in [0.25, 0.3) is 0 Å². The van der Waals surface area contributed by atoms with E-state index in [-0.39, 0.29) is 11.9 Å². The van der Waals surface area contributed by atoms with E-state index in [0.29, 0.717) is 30.4 Å². The van der Waals surface area contributed by atoms with Gasteiger partial charge in [0, 0.05) is 61.2 Å². The molecule has 2 saturated heterocycles. The van der Waals surface area contributed by atoms with E-state index in [9.17, 15) is 4.79 Å². The molecule has 0 bridgehead atoms. The fourth-order valence-corrected chi connectivity index (χ4v) is 4.05. The van der Waals surface area contributed by atoms with E-state index in [4.69, 9.17) is 14.2 Å². The molecule has 0 spiro atoms. The van der Waals surface area contributed by atoms with Crippen molar-refractivity contribution in [3.8, 4) is 17.2 Å². The average molecular weight is 412 g/mol. The second-order valence-corrected chi connectivity index (χ2v) is 7.46. The summed E-state index contributed by atoms with van der Waals surface area (Å²) in [5, 5.41) is 3.33. The lowest BCUT2D eigenvalue weighted by Gasteiger charge is -2.21. The van der Waals surface area contributed by atoms with Crippen LogP contribution in [0.4, 0.5) is 11.4 Å². The standard InChI is InChI=1S/C22H28N4O4/c1-28-17-8-15(9-18(11-17)29-2)25-20-6-7-26(22(20)27)16-4-5-19(21(10-16)30-3)14-12-23-24-13-14/h4-5,8-11,14,20,23-25H,6-7,12-13H2,1-3H3. The molecule has 1 unspecified atom stereocenters. The van der Waals surface area contributed by atoms with Gasteiger partial charge in [-0.2, -0.15) is 0 Å². The lowest BCUT2D eigenvalue weighted by atomic mass is 9.98. The fraction of sp³-hybridized carbons (Fsp3) is 0.409. The molecule has 30 heavy (non-hydrogen) atoms. The minimum atomic E-state index is -0.310. The van der Waals surface area contributed by atoms with Crippen molar-refractivity contribution in [2.24, 2.45) is 0 Å². The molecule has 2 heterocycles. The Hall–Kier alpha value is -2.97. The van der Waals surface area contributed by atoms with Crippen LogP contribution in [0, 0.1) is 0 Å². The highest BCUT2D eigenvalue weighted by Crippen LogP contribution is 2.34. The van der Waals surface area contributed by atoms with Gasteiger partial charge in [-0.25, -0.2) is 0 Å². The second kappa shape index (κ2) is 8.81. The van der Waals surface area contributed by atoms with E-state index in [0.717, 1.165) is 35.8 Å². The maximum absolute atomic E-state index is 13.1. The number of carbonyl (C=O) groups is 1. The molecule has 2 fully saturated rings. The van der Waals surface area contributed by atoms with Crippen molar-refractivity contribution >= 4 is 17.3 Å². The van der Waals surface area contributed by atoms with Gasteiger partial charge in [0.05, 0.1) is 21.3 Å². The molecular weight excluding hydrogens is 384 g/mol. The van der Waals surface area contributed by atoms with Crippen molar-refractivity contribution in [2.75, 3.05) is 51.2 Å². The van der Waals surface area contributed by atoms with E-state index in [1.165, 1.54) is 0 Å². The monoisotopic (exact) mass is 412 g/mol. The summed E-state index contributed by atoms with van der Waals surface area (Å²) in [7, 11) is 4.89. The summed E-state index contributed by atoms with van der Waals surface area (Å²) in [5.41, 5.74) is 9.08. The van der Waals surface area contributed by atoms with Crippen molar-refractivity contribution in [2.45, 2.75) is 18.4 Å². The summed E-state index contributed by atoms with van der Waals surface area (Å²) < 4.78 is 16.3. The zero-order valence-corrected chi connectivity index (χ0v) is 17.5. The molecule has 3 N–H and O–H groups in total. The van der Waals surface area contributed by atoms with E-state index in [1.807, 2.05) is 29.2 Å². The van der Waals surface area contributed by atoms with Gasteiger partial charge in [0.1, 0.15) is 23.3 Å². The zero-order valence-electron chi connectivity index (χ0n) is 17.5. The number of hydrogen-bond donors (Lipinski definition) is 3. The SMILES string of the molecule is COc1cc(NC2CCN(c3ccc(C4CNNC4)c(OC)c3)C2=O)cc(OC)c1. The Morgan fingerprint density at radius 3 is 2.30 bits per heavy atom. The first kappa shape index (κ1) is 20.3. The van der Waals surface area contributed by atoms with Gasteiger partial charge in [-0.3, -0.25) is 15.6 Å². The Bertz CT molecular complexity index is 892. The van der Waals surface area contributed by atoms with E-state index >= 15 is 0 Å². The van der Waals surface area contributed by atoms with Crippen LogP contribution in [-0.2, 0) is 4.79 Å². The van der Waals surface area contributed by atoms with Gasteiger partial charge >= 0.3 is 0 Å². The number of nitrogens with zero attached hydrogens (tertiary/aromatic N) is 1. The quantitative estimate of drug-likeness (QED) is 0.642. The number of anilines is 2. The molecule has 160 valence electrons. The first-order chi connectivity index (χ1) is 14.6. The third-order valence-corrected chi connectivity index (χ3v) is 5.69. The van der Waals surface area contributed by atoms with Crippen LogP contribution in [0.15, 0.2) is 36.4 Å². The second-order valence-electron chi connectivity index (χ2n) is 7.46. The van der Waals surface area contributed by atoms with Crippen LogP contribution in [-0.4, -0.2) is 52.9 Å². The average Bonchev–Trinajstić information content (AvgIpc) is 3.43. The molecule has 2 aromatic rings. The van der Waals surface area contributed by atoms with E-state index in [2.05, 4.69) is 22.2 Å². The topological polar surface area (TPSA) is 84.1 Å². The molecule has 4 rings (SSSR count). The van der Waals surface area contributed by atoms with Gasteiger partial charge < -0.3 is 24.4 Å². The van der Waals surface area contributed by atoms with E-state index in [1.54, 1.807) is 27.4 Å². The van der Waals surface area contributed by atoms with Crippen LogP contribution < -0.4 is 35.3 Å². The number of amides is 1. The fourth-order valence-electron chi connectivity index (χ4n) is 4.05. The van der Waals surface area contributed by atoms with Gasteiger partial charge in [0.2, 0.25) is 5.91 Å². The first-order valence-corrected chi connectivity index (χ1v) is 10.1. The van der Waals surface area contributed by atoms with Gasteiger partial charge in [-0.05, 0) is 18.1 Å². The van der Waals surface area contributed by atoms with Crippen molar-refractivity contribution in [1.82, 2.24) is 10.9 Å². The molecule has 0 aromatic heterocycles. The molecule has 2 aliphatic heterocycles. The summed E-state index contributed by atoms with van der Waals surface area (Å²) in [6.07, 6.45) is 0.707. The van der Waals surface area contributed by atoms with Gasteiger partial charge in [0.25, 0.3) is 0 Å². The maximum atomic E-state index is 13.1. The molecule has 1 amide bonds. The number of ether oxygens (including phenoxy) is 3. The number of hydrogen-bond acceptors (Lipinski definition) is 7. The highest BCUT2D eigenvalue weighted by atomic mass is 16.5. The molecule has 0 saturated carbocycles. The lowest BCUT2D eigenvalue weighted by molar-refractivity contribution is -0.117. The molecule has 8 heteroatoms. The third kappa shape index (κ3) is 4.01. The molecule has 8 nitrogen and oxygen atoms in total. The van der Waals surface area contributed by atoms with Crippen molar-refractivity contribution < 1.29 is 19.0 Å². The van der Waals surface area contributed by atoms with Crippen LogP contribution in [0.3, 0.4) is 0 Å². The number of hydrazine groups is 1. The summed E-state index contributed by atoms with van der Waals surface area (Å²) in [4.78, 5) is 14.9. The lowest BCUT2D eigenvalue weighted by Crippen LogP contribution is -2.33. The third-order valence-electron chi connectivity index (χ3n) is 5.69. The molecule has 2 aliphatic rings. The minimum Gasteiger partial charge on any atom is -0.497 e. The molecule has 2 aromatic carbocycles. The zero-order chi connectivity index (χ0) is 21.1. The summed E-state index contributed by atoms with van der Waals surface area (Å²) in [6.45, 7) is 2.36. The normalized spacial score (nSPS) is 19.2. The highest BCUT2D eigenvalue weighted by Gasteiger charge is 2.33. The van der Waals surface area contributed by atoms with Crippen molar-refractivity contribution in [3.63, 3.8) is 0 Å². The Balaban J connectivity index is 1.50. The smallest absolute Gasteiger partial charge is 0.249 e. The van der Waals surface area contributed by atoms with Gasteiger partial charge in [-0.15, -0.1) is 0 Å².